The Hall–Kier alpha value is -4.14. The summed E-state index contributed by atoms with van der Waals surface area (Å²) in [7, 11) is 0. The second-order valence-corrected chi connectivity index (χ2v) is 23.6. The molecule has 2 saturated carbocycles. The number of aliphatic hydroxyl groups is 1. The van der Waals surface area contributed by atoms with E-state index in [1.807, 2.05) is 0 Å². The molecule has 2 aromatic rings. The van der Waals surface area contributed by atoms with Crippen LogP contribution in [-0.2, 0) is 39.1 Å². The quantitative estimate of drug-likeness (QED) is 0.293. The van der Waals surface area contributed by atoms with Gasteiger partial charge in [-0.15, -0.1) is 0 Å². The lowest BCUT2D eigenvalue weighted by Crippen LogP contribution is -2.77. The second kappa shape index (κ2) is 14.7. The number of nitrogens with two attached hydrogens (primary N) is 1. The minimum Gasteiger partial charge on any atom is -0.509 e. The highest BCUT2D eigenvalue weighted by Gasteiger charge is 2.93. The molecule has 346 valence electrons. The van der Waals surface area contributed by atoms with Crippen molar-refractivity contribution in [2.75, 3.05) is 26.2 Å². The number of piperidine rings is 2. The minimum absolute atomic E-state index is 0.164. The van der Waals surface area contributed by atoms with Gasteiger partial charge in [0, 0.05) is 61.2 Å². The molecule has 15 bridgehead atoms. The molecule has 17 rings (SSSR count). The number of allylic oxidation sites excluding steroid dienone is 4. The van der Waals surface area contributed by atoms with Crippen LogP contribution in [0.2, 0.25) is 0 Å². The maximum absolute atomic E-state index is 16.2. The highest BCUT2D eigenvalue weighted by molar-refractivity contribution is 6.00. The van der Waals surface area contributed by atoms with Gasteiger partial charge in [0.15, 0.2) is 11.4 Å². The van der Waals surface area contributed by atoms with Gasteiger partial charge in [-0.3, -0.25) is 9.69 Å². The molecule has 3 N–H and O–H groups in total. The fraction of sp³-hybridized carbons (Fsp3) is 0.621. The van der Waals surface area contributed by atoms with Crippen LogP contribution in [0.1, 0.15) is 142 Å². The molecule has 5 fully saturated rings. The van der Waals surface area contributed by atoms with Gasteiger partial charge in [-0.25, -0.2) is 4.79 Å². The van der Waals surface area contributed by atoms with Crippen molar-refractivity contribution in [3.8, 4) is 0 Å². The van der Waals surface area contributed by atoms with Gasteiger partial charge in [-0.2, -0.15) is 0 Å². The molecule has 9 aliphatic heterocycles. The summed E-state index contributed by atoms with van der Waals surface area (Å²) in [6.07, 6.45) is 21.2. The second-order valence-electron chi connectivity index (χ2n) is 23.6. The first-order valence-electron chi connectivity index (χ1n) is 26.7. The van der Waals surface area contributed by atoms with E-state index >= 15 is 9.59 Å². The van der Waals surface area contributed by atoms with Crippen molar-refractivity contribution < 1.29 is 24.2 Å². The molecule has 3 saturated heterocycles. The van der Waals surface area contributed by atoms with E-state index in [1.54, 1.807) is 11.3 Å². The van der Waals surface area contributed by atoms with Crippen molar-refractivity contribution in [2.24, 2.45) is 58.0 Å². The summed E-state index contributed by atoms with van der Waals surface area (Å²) < 4.78 is 14.3. The fourth-order valence-corrected chi connectivity index (χ4v) is 18.7. The molecule has 8 nitrogen and oxygen atoms in total. The Morgan fingerprint density at radius 2 is 1.73 bits per heavy atom. The van der Waals surface area contributed by atoms with Gasteiger partial charge >= 0.3 is 11.9 Å². The number of rotatable bonds is 4. The number of aryl methyl sites for hydroxylation is 2. The first kappa shape index (κ1) is 40.9. The summed E-state index contributed by atoms with van der Waals surface area (Å²) in [6.45, 7) is 6.31. The summed E-state index contributed by atoms with van der Waals surface area (Å²) in [5, 5.41) is 13.4. The van der Waals surface area contributed by atoms with Crippen molar-refractivity contribution in [3.63, 3.8) is 0 Å². The molecule has 15 aliphatic rings. The van der Waals surface area contributed by atoms with Crippen LogP contribution in [0.15, 0.2) is 88.0 Å². The van der Waals surface area contributed by atoms with Crippen LogP contribution < -0.4 is 5.73 Å². The van der Waals surface area contributed by atoms with Gasteiger partial charge in [0.05, 0.1) is 11.0 Å². The lowest BCUT2D eigenvalue weighted by atomic mass is 9.29. The zero-order chi connectivity index (χ0) is 44.3. The third-order valence-corrected chi connectivity index (χ3v) is 20.7. The average Bonchev–Trinajstić information content (AvgIpc) is 3.78. The molecule has 2 aromatic carbocycles. The van der Waals surface area contributed by atoms with E-state index in [0.717, 1.165) is 87.7 Å². The van der Waals surface area contributed by atoms with Crippen LogP contribution in [-0.4, -0.2) is 65.1 Å². The van der Waals surface area contributed by atoms with Crippen molar-refractivity contribution in [2.45, 2.75) is 147 Å². The Bertz CT molecular complexity index is 2580. The van der Waals surface area contributed by atoms with E-state index in [0.29, 0.717) is 72.8 Å². The first-order valence-corrected chi connectivity index (χ1v) is 26.7. The van der Waals surface area contributed by atoms with Crippen molar-refractivity contribution >= 4 is 11.9 Å². The zero-order valence-corrected chi connectivity index (χ0v) is 39.1. The van der Waals surface area contributed by atoms with E-state index in [1.165, 1.54) is 73.6 Å². The van der Waals surface area contributed by atoms with E-state index in [-0.39, 0.29) is 35.6 Å². The van der Waals surface area contributed by atoms with Gasteiger partial charge in [-0.1, -0.05) is 97.9 Å². The molecule has 6 aliphatic carbocycles. The largest absolute Gasteiger partial charge is 0.509 e. The van der Waals surface area contributed by atoms with Crippen LogP contribution in [0.3, 0.4) is 0 Å². The van der Waals surface area contributed by atoms with E-state index in [9.17, 15) is 5.11 Å². The summed E-state index contributed by atoms with van der Waals surface area (Å²) in [5.74, 6) is 2.48. The average molecular weight is 888 g/mol. The lowest BCUT2D eigenvalue weighted by molar-refractivity contribution is -0.276. The van der Waals surface area contributed by atoms with Crippen LogP contribution in [0, 0.1) is 52.3 Å². The third kappa shape index (κ3) is 5.14. The van der Waals surface area contributed by atoms with Gasteiger partial charge in [0.1, 0.15) is 11.2 Å². The predicted molar refractivity (Wildman–Crippen MR) is 253 cm³/mol. The minimum atomic E-state index is -1.16. The number of benzene rings is 2. The fourth-order valence-electron chi connectivity index (χ4n) is 18.7. The Labute approximate surface area is 391 Å². The molecule has 12 atom stereocenters. The molecule has 0 radical (unpaired) electrons. The maximum Gasteiger partial charge on any atom is 0.339 e. The Morgan fingerprint density at radius 1 is 0.879 bits per heavy atom. The van der Waals surface area contributed by atoms with Crippen LogP contribution in [0.4, 0.5) is 0 Å². The van der Waals surface area contributed by atoms with Gasteiger partial charge in [0.25, 0.3) is 0 Å². The molecule has 0 aromatic heterocycles. The topological polar surface area (TPSA) is 105 Å². The summed E-state index contributed by atoms with van der Waals surface area (Å²) in [4.78, 5) is 37.1. The number of carbonyl (C=O) groups is 2. The number of nitrogens with zero attached hydrogens (tertiary/aromatic N) is 2. The number of hydrogen-bond acceptors (Lipinski definition) is 8. The summed E-state index contributed by atoms with van der Waals surface area (Å²) in [5.41, 5.74) is 15.4. The highest BCUT2D eigenvalue weighted by Crippen LogP contribution is 2.87. The van der Waals surface area contributed by atoms with E-state index in [4.69, 9.17) is 15.2 Å². The molecule has 66 heavy (non-hydrogen) atoms. The summed E-state index contributed by atoms with van der Waals surface area (Å²) >= 11 is 0. The zero-order valence-electron chi connectivity index (χ0n) is 39.1. The standard InChI is InChI=1S/C58H69N3O5/c1-33-24-39-19-20-45-41-27-36-30-60(32-41)46(37-13-3-2-4-14-37)29-47(62)53-56-22-21-42-44-28-40(49(33)51(42)52(39)61(45)31-36)26-35-12-7-11-34(25-35)10-5-6-18-48(57(44,56)55(64)65-53)58(56)43-17-8-15-38(16-9-23-59)50(43)54(63)66-58/h7-8,11-12,15,17,25,28,33,36-37,41,45-46,48-49,51,62H,2-6,9-10,13-14,16,18-24,26-27,29-32,59H2,1H3/b53-47-/t33-,36+,41-,45-,46+,48-,49-,51-,56+,57-,58+/m0/s1. The predicted octanol–water partition coefficient (Wildman–Crippen LogP) is 10.2. The molecule has 9 heterocycles. The van der Waals surface area contributed by atoms with Crippen LogP contribution in [0.25, 0.3) is 0 Å². The number of esters is 2. The SMILES string of the molecule is C[C@H]1CC2=C3[C@H]4C5=C6C=C(Cc7cccc(c7)CCCC[C@H]7[C@]68C(=O)O/C(=C(\O)C[C@H](C6CCCCC6)N6C[C@H]9C[C@@H](C6)[C@H](CC2)N3C9)[C@@]8(CC5)[C@]72OC(=O)c3c(CCCN)cccc32)[C@@H]41. The van der Waals surface area contributed by atoms with Crippen molar-refractivity contribution in [1.29, 1.82) is 0 Å². The van der Waals surface area contributed by atoms with E-state index in [2.05, 4.69) is 65.3 Å². The first-order chi connectivity index (χ1) is 32.3. The molecular formula is C58H69N3O5. The van der Waals surface area contributed by atoms with Crippen molar-refractivity contribution in [3.05, 3.63) is 116 Å². The number of aliphatic hydroxyl groups excluding tert-OH is 1. The molecular weight excluding hydrogens is 819 g/mol. The van der Waals surface area contributed by atoms with Crippen molar-refractivity contribution in [1.82, 2.24) is 9.80 Å². The molecule has 1 unspecified atom stereocenters. The summed E-state index contributed by atoms with van der Waals surface area (Å²) in [6, 6.07) is 16.4. The maximum atomic E-state index is 16.2. The number of fused-ring (bicyclic) bond motifs is 6. The Morgan fingerprint density at radius 3 is 2.61 bits per heavy atom. The number of hydrogen-bond donors (Lipinski definition) is 2. The van der Waals surface area contributed by atoms with Gasteiger partial charge in [0.2, 0.25) is 0 Å². The van der Waals surface area contributed by atoms with Crippen LogP contribution in [0.5, 0.6) is 0 Å². The normalized spacial score (nSPS) is 41.8. The van der Waals surface area contributed by atoms with Gasteiger partial charge < -0.3 is 25.2 Å². The number of ether oxygens (including phenoxy) is 2. The lowest BCUT2D eigenvalue weighted by Gasteiger charge is -2.71. The smallest absolute Gasteiger partial charge is 0.339 e. The molecule has 8 heteroatoms. The molecule has 0 amide bonds. The van der Waals surface area contributed by atoms with Crippen LogP contribution >= 0.6 is 0 Å². The van der Waals surface area contributed by atoms with E-state index < -0.39 is 16.4 Å². The Balaban J connectivity index is 1.07. The number of carbonyl (C=O) groups excluding carboxylic acids is 2. The monoisotopic (exact) mass is 888 g/mol. The Kier molecular flexibility index (Phi) is 9.10. The highest BCUT2D eigenvalue weighted by atomic mass is 16.6. The third-order valence-electron chi connectivity index (χ3n) is 20.7. The molecule has 3 spiro atoms. The van der Waals surface area contributed by atoms with Gasteiger partial charge in [-0.05, 0) is 148 Å².